The largest absolute Gasteiger partial charge is 0.478 e. The fraction of sp³-hybridized carbons (Fsp3) is 0.467. The number of hydrogen-bond donors (Lipinski definition) is 2. The summed E-state index contributed by atoms with van der Waals surface area (Å²) in [4.78, 5) is 10.7. The Kier molecular flexibility index (Phi) is 6.64. The molecule has 1 rings (SSSR count). The van der Waals surface area contributed by atoms with Gasteiger partial charge in [0.2, 0.25) is 0 Å². The van der Waals surface area contributed by atoms with Crippen molar-refractivity contribution in [3.8, 4) is 0 Å². The quantitative estimate of drug-likeness (QED) is 0.420. The monoisotopic (exact) mass is 262 g/mol. The molecule has 0 saturated carbocycles. The number of anilines is 1. The first-order valence-electron chi connectivity index (χ1n) is 6.76. The summed E-state index contributed by atoms with van der Waals surface area (Å²) in [5.74, 6) is -0.915. The Bertz CT molecular complexity index is 424. The Balaban J connectivity index is 2.39. The fourth-order valence-electron chi connectivity index (χ4n) is 1.71. The van der Waals surface area contributed by atoms with Crippen molar-refractivity contribution in [1.82, 2.24) is 0 Å². The number of nitrogens with one attached hydrogen (secondary N) is 1. The molecule has 0 atom stereocenters. The van der Waals surface area contributed by atoms with Gasteiger partial charge in [-0.2, -0.15) is 5.10 Å². The Morgan fingerprint density at radius 1 is 1.21 bits per heavy atom. The van der Waals surface area contributed by atoms with E-state index >= 15 is 0 Å². The highest BCUT2D eigenvalue weighted by molar-refractivity contribution is 5.88. The highest BCUT2D eigenvalue weighted by Gasteiger charge is 2.01. The average Bonchev–Trinajstić information content (AvgIpc) is 2.42. The third-order valence-corrected chi connectivity index (χ3v) is 2.90. The van der Waals surface area contributed by atoms with E-state index in [9.17, 15) is 4.79 Å². The number of carbonyl (C=O) groups is 1. The molecule has 0 unspecified atom stereocenters. The lowest BCUT2D eigenvalue weighted by atomic mass is 10.1. The van der Waals surface area contributed by atoms with Crippen LogP contribution in [-0.4, -0.2) is 16.8 Å². The zero-order valence-electron chi connectivity index (χ0n) is 11.6. The van der Waals surface area contributed by atoms with Crippen LogP contribution < -0.4 is 5.43 Å². The molecule has 4 heteroatoms. The fourth-order valence-corrected chi connectivity index (χ4v) is 1.71. The Morgan fingerprint density at radius 3 is 2.47 bits per heavy atom. The van der Waals surface area contributed by atoms with E-state index in [1.54, 1.807) is 24.3 Å². The Labute approximate surface area is 114 Å². The Morgan fingerprint density at radius 2 is 1.89 bits per heavy atom. The average molecular weight is 262 g/mol. The summed E-state index contributed by atoms with van der Waals surface area (Å²) in [6.07, 6.45) is 5.93. The van der Waals surface area contributed by atoms with E-state index in [-0.39, 0.29) is 5.56 Å². The summed E-state index contributed by atoms with van der Waals surface area (Å²) in [6, 6.07) is 6.57. The second-order valence-electron chi connectivity index (χ2n) is 4.65. The van der Waals surface area contributed by atoms with Crippen molar-refractivity contribution in [2.45, 2.75) is 46.0 Å². The van der Waals surface area contributed by atoms with Crippen molar-refractivity contribution in [2.24, 2.45) is 5.10 Å². The van der Waals surface area contributed by atoms with Crippen LogP contribution in [0.15, 0.2) is 29.4 Å². The molecule has 1 aromatic rings. The third kappa shape index (κ3) is 6.04. The van der Waals surface area contributed by atoms with Crippen molar-refractivity contribution < 1.29 is 9.90 Å². The predicted molar refractivity (Wildman–Crippen MR) is 78.9 cm³/mol. The number of benzene rings is 1. The summed E-state index contributed by atoms with van der Waals surface area (Å²) in [5, 5.41) is 13.1. The number of hydrogen-bond acceptors (Lipinski definition) is 3. The molecule has 0 aliphatic heterocycles. The van der Waals surface area contributed by atoms with E-state index in [1.165, 1.54) is 25.7 Å². The van der Waals surface area contributed by atoms with Crippen LogP contribution in [0.3, 0.4) is 0 Å². The van der Waals surface area contributed by atoms with Gasteiger partial charge in [-0.25, -0.2) is 4.79 Å². The number of aromatic carboxylic acids is 1. The van der Waals surface area contributed by atoms with Crippen molar-refractivity contribution >= 4 is 17.4 Å². The van der Waals surface area contributed by atoms with Crippen LogP contribution >= 0.6 is 0 Å². The lowest BCUT2D eigenvalue weighted by molar-refractivity contribution is 0.0697. The second kappa shape index (κ2) is 8.29. The van der Waals surface area contributed by atoms with Crippen LogP contribution in [-0.2, 0) is 0 Å². The van der Waals surface area contributed by atoms with Gasteiger partial charge >= 0.3 is 5.97 Å². The lowest BCUT2D eigenvalue weighted by Gasteiger charge is -2.04. The van der Waals surface area contributed by atoms with Crippen molar-refractivity contribution in [2.75, 3.05) is 5.43 Å². The minimum absolute atomic E-state index is 0.283. The number of rotatable bonds is 8. The molecular weight excluding hydrogens is 240 g/mol. The number of carboxylic acids is 1. The normalized spacial score (nSPS) is 11.4. The van der Waals surface area contributed by atoms with Gasteiger partial charge in [0.1, 0.15) is 0 Å². The molecule has 104 valence electrons. The van der Waals surface area contributed by atoms with Gasteiger partial charge in [-0.05, 0) is 44.0 Å². The van der Waals surface area contributed by atoms with Gasteiger partial charge in [-0.15, -0.1) is 0 Å². The molecule has 0 aromatic heterocycles. The van der Waals surface area contributed by atoms with E-state index in [2.05, 4.69) is 17.5 Å². The molecule has 0 heterocycles. The zero-order valence-corrected chi connectivity index (χ0v) is 11.6. The minimum Gasteiger partial charge on any atom is -0.478 e. The Hall–Kier alpha value is -1.84. The molecule has 0 amide bonds. The molecule has 2 N–H and O–H groups in total. The summed E-state index contributed by atoms with van der Waals surface area (Å²) >= 11 is 0. The SMILES string of the molecule is CCCCCC/C(C)=N\Nc1ccc(C(=O)O)cc1. The molecule has 0 saturated heterocycles. The van der Waals surface area contributed by atoms with Gasteiger partial charge < -0.3 is 5.11 Å². The van der Waals surface area contributed by atoms with Crippen LogP contribution in [0.4, 0.5) is 5.69 Å². The molecule has 0 aliphatic rings. The van der Waals surface area contributed by atoms with E-state index < -0.39 is 5.97 Å². The molecule has 19 heavy (non-hydrogen) atoms. The van der Waals surface area contributed by atoms with Gasteiger partial charge in [0.05, 0.1) is 11.3 Å². The molecule has 4 nitrogen and oxygen atoms in total. The number of unbranched alkanes of at least 4 members (excludes halogenated alkanes) is 3. The van der Waals surface area contributed by atoms with Crippen molar-refractivity contribution in [1.29, 1.82) is 0 Å². The second-order valence-corrected chi connectivity index (χ2v) is 4.65. The first-order chi connectivity index (χ1) is 9.13. The van der Waals surface area contributed by atoms with E-state index in [1.807, 2.05) is 6.92 Å². The van der Waals surface area contributed by atoms with Gasteiger partial charge in [0, 0.05) is 5.71 Å². The van der Waals surface area contributed by atoms with Crippen LogP contribution in [0.1, 0.15) is 56.3 Å². The van der Waals surface area contributed by atoms with E-state index in [4.69, 9.17) is 5.11 Å². The molecule has 0 radical (unpaired) electrons. The van der Waals surface area contributed by atoms with Crippen LogP contribution in [0.25, 0.3) is 0 Å². The highest BCUT2D eigenvalue weighted by atomic mass is 16.4. The molecule has 1 aromatic carbocycles. The molecule has 0 fully saturated rings. The summed E-state index contributed by atoms with van der Waals surface area (Å²) < 4.78 is 0. The van der Waals surface area contributed by atoms with Crippen LogP contribution in [0, 0.1) is 0 Å². The third-order valence-electron chi connectivity index (χ3n) is 2.90. The first-order valence-corrected chi connectivity index (χ1v) is 6.76. The number of nitrogens with zero attached hydrogens (tertiary/aromatic N) is 1. The molecular formula is C15H22N2O2. The molecule has 0 aliphatic carbocycles. The van der Waals surface area contributed by atoms with Gasteiger partial charge in [0.25, 0.3) is 0 Å². The minimum atomic E-state index is -0.915. The summed E-state index contributed by atoms with van der Waals surface area (Å²) in [5.41, 5.74) is 5.10. The van der Waals surface area contributed by atoms with Gasteiger partial charge in [0.15, 0.2) is 0 Å². The topological polar surface area (TPSA) is 61.7 Å². The van der Waals surface area contributed by atoms with E-state index in [0.717, 1.165) is 17.8 Å². The molecule has 0 bridgehead atoms. The first kappa shape index (κ1) is 15.2. The smallest absolute Gasteiger partial charge is 0.335 e. The molecule has 0 spiro atoms. The lowest BCUT2D eigenvalue weighted by Crippen LogP contribution is -1.99. The summed E-state index contributed by atoms with van der Waals surface area (Å²) in [7, 11) is 0. The standard InChI is InChI=1S/C15H22N2O2/c1-3-4-5-6-7-12(2)16-17-14-10-8-13(9-11-14)15(18)19/h8-11,17H,3-7H2,1-2H3,(H,18,19)/b16-12-. The highest BCUT2D eigenvalue weighted by Crippen LogP contribution is 2.10. The maximum atomic E-state index is 10.7. The number of hydrazone groups is 1. The maximum Gasteiger partial charge on any atom is 0.335 e. The van der Waals surface area contributed by atoms with Gasteiger partial charge in [-0.1, -0.05) is 26.2 Å². The summed E-state index contributed by atoms with van der Waals surface area (Å²) in [6.45, 7) is 4.20. The maximum absolute atomic E-state index is 10.7. The van der Waals surface area contributed by atoms with Crippen LogP contribution in [0.5, 0.6) is 0 Å². The predicted octanol–water partition coefficient (Wildman–Crippen LogP) is 4.14. The van der Waals surface area contributed by atoms with E-state index in [0.29, 0.717) is 0 Å². The number of carboxylic acid groups (broad SMARTS) is 1. The van der Waals surface area contributed by atoms with Crippen molar-refractivity contribution in [3.63, 3.8) is 0 Å². The van der Waals surface area contributed by atoms with Crippen LogP contribution in [0.2, 0.25) is 0 Å². The zero-order chi connectivity index (χ0) is 14.1. The van der Waals surface area contributed by atoms with Gasteiger partial charge in [-0.3, -0.25) is 5.43 Å². The van der Waals surface area contributed by atoms with Crippen molar-refractivity contribution in [3.05, 3.63) is 29.8 Å².